The lowest BCUT2D eigenvalue weighted by atomic mass is 9.88. The Morgan fingerprint density at radius 1 is 0.971 bits per heavy atom. The monoisotopic (exact) mass is 503 g/mol. The first-order valence-corrected chi connectivity index (χ1v) is 13.8. The average Bonchev–Trinajstić information content (AvgIpc) is 3.41. The van der Waals surface area contributed by atoms with Crippen LogP contribution >= 0.6 is 23.1 Å². The van der Waals surface area contributed by atoms with Crippen LogP contribution in [0.1, 0.15) is 31.2 Å². The van der Waals surface area contributed by atoms with Crippen molar-refractivity contribution in [3.8, 4) is 0 Å². The molecule has 2 aliphatic rings. The summed E-state index contributed by atoms with van der Waals surface area (Å²) in [5, 5.41) is 21.5. The molecule has 0 spiro atoms. The molecule has 5 rings (SSSR count). The number of fused-ring (bicyclic) bond motifs is 2. The minimum Gasteiger partial charge on any atom is -0.395 e. The molecule has 6 heteroatoms. The number of nitrogens with zero attached hydrogens (tertiary/aromatic N) is 2. The van der Waals surface area contributed by atoms with Crippen LogP contribution < -0.4 is 9.47 Å². The number of aromatic nitrogens is 1. The van der Waals surface area contributed by atoms with Gasteiger partial charge in [0.05, 0.1) is 17.3 Å². The molecule has 3 aromatic rings. The largest absolute Gasteiger partial charge is 0.395 e. The zero-order chi connectivity index (χ0) is 24.2. The van der Waals surface area contributed by atoms with Crippen LogP contribution in [-0.2, 0) is 6.54 Å². The molecule has 1 aliphatic heterocycles. The van der Waals surface area contributed by atoms with Crippen molar-refractivity contribution in [2.45, 2.75) is 37.6 Å². The van der Waals surface area contributed by atoms with E-state index in [0.29, 0.717) is 13.1 Å². The lowest BCUT2D eigenvalue weighted by molar-refractivity contribution is -0.670. The Balaban J connectivity index is 1.42. The standard InChI is InChI=1S/C29H31N2O2S2/c1-21-22(13-15-28-30(17-19-32)24-9-2-4-11-26(24)34-28)7-6-8-23(21)14-16-29-31(18-20-33)25-10-3-5-12-27(25)35-29/h2-5,9-16,32-33H,6-8,17-20H2,1H3/q+1. The van der Waals surface area contributed by atoms with Gasteiger partial charge in [0.1, 0.15) is 11.3 Å². The van der Waals surface area contributed by atoms with Crippen molar-refractivity contribution in [1.29, 1.82) is 0 Å². The maximum Gasteiger partial charge on any atom is 0.262 e. The number of hydrogen-bond donors (Lipinski definition) is 2. The summed E-state index contributed by atoms with van der Waals surface area (Å²) in [5.74, 6) is 0. The lowest BCUT2D eigenvalue weighted by Crippen LogP contribution is -2.36. The van der Waals surface area contributed by atoms with E-state index in [1.165, 1.54) is 47.6 Å². The van der Waals surface area contributed by atoms with Crippen molar-refractivity contribution in [2.75, 3.05) is 24.7 Å². The van der Waals surface area contributed by atoms with Crippen LogP contribution in [0.5, 0.6) is 0 Å². The predicted octanol–water partition coefficient (Wildman–Crippen LogP) is 6.07. The second kappa shape index (κ2) is 11.0. The second-order valence-electron chi connectivity index (χ2n) is 8.76. The fourth-order valence-electron chi connectivity index (χ4n) is 4.83. The van der Waals surface area contributed by atoms with E-state index in [2.05, 4.69) is 89.2 Å². The van der Waals surface area contributed by atoms with E-state index in [4.69, 9.17) is 0 Å². The molecule has 1 aromatic heterocycles. The predicted molar refractivity (Wildman–Crippen MR) is 148 cm³/mol. The van der Waals surface area contributed by atoms with Gasteiger partial charge in [0.15, 0.2) is 6.54 Å². The third kappa shape index (κ3) is 5.02. The van der Waals surface area contributed by atoms with Crippen LogP contribution in [0.15, 0.2) is 93.4 Å². The maximum atomic E-state index is 9.59. The fraction of sp³-hybridized carbons (Fsp3) is 0.276. The van der Waals surface area contributed by atoms with E-state index in [9.17, 15) is 10.2 Å². The second-order valence-corrected chi connectivity index (χ2v) is 10.9. The van der Waals surface area contributed by atoms with Gasteiger partial charge in [0.2, 0.25) is 5.52 Å². The highest BCUT2D eigenvalue weighted by atomic mass is 32.2. The van der Waals surface area contributed by atoms with Gasteiger partial charge in [0.25, 0.3) is 5.01 Å². The molecule has 2 aromatic carbocycles. The highest BCUT2D eigenvalue weighted by Crippen LogP contribution is 2.45. The molecule has 0 fully saturated rings. The summed E-state index contributed by atoms with van der Waals surface area (Å²) in [6.07, 6.45) is 12.3. The molecule has 0 saturated heterocycles. The van der Waals surface area contributed by atoms with Crippen molar-refractivity contribution < 1.29 is 14.8 Å². The van der Waals surface area contributed by atoms with Gasteiger partial charge >= 0.3 is 0 Å². The molecule has 0 saturated carbocycles. The Morgan fingerprint density at radius 3 is 2.66 bits per heavy atom. The molecule has 35 heavy (non-hydrogen) atoms. The van der Waals surface area contributed by atoms with Crippen LogP contribution in [0.25, 0.3) is 16.3 Å². The molecule has 1 aliphatic carbocycles. The number of β-amino-alcohol motifs (C(OH)–C–C–N with tert-alkyl or cyclic N) is 1. The number of anilines is 1. The minimum absolute atomic E-state index is 0.130. The molecular formula is C29H31N2O2S2+. The highest BCUT2D eigenvalue weighted by molar-refractivity contribution is 8.03. The minimum atomic E-state index is 0.130. The first-order chi connectivity index (χ1) is 17.2. The number of allylic oxidation sites excluding steroid dienone is 6. The van der Waals surface area contributed by atoms with E-state index < -0.39 is 0 Å². The van der Waals surface area contributed by atoms with E-state index in [1.807, 2.05) is 0 Å². The Labute approximate surface area is 215 Å². The summed E-state index contributed by atoms with van der Waals surface area (Å²) in [6.45, 7) is 3.70. The summed E-state index contributed by atoms with van der Waals surface area (Å²) >= 11 is 3.54. The smallest absolute Gasteiger partial charge is 0.262 e. The van der Waals surface area contributed by atoms with Crippen LogP contribution in [0.3, 0.4) is 0 Å². The number of thioether (sulfide) groups is 1. The zero-order valence-corrected chi connectivity index (χ0v) is 21.6. The number of hydrogen-bond acceptors (Lipinski definition) is 5. The lowest BCUT2D eigenvalue weighted by Gasteiger charge is -2.20. The topological polar surface area (TPSA) is 47.6 Å². The van der Waals surface area contributed by atoms with Crippen LogP contribution in [0, 0.1) is 0 Å². The van der Waals surface area contributed by atoms with Crippen LogP contribution in [0.4, 0.5) is 5.69 Å². The molecule has 4 nitrogen and oxygen atoms in total. The van der Waals surface area contributed by atoms with Gasteiger partial charge in [0, 0.05) is 23.6 Å². The van der Waals surface area contributed by atoms with Gasteiger partial charge in [-0.3, -0.25) is 0 Å². The fourth-order valence-corrected chi connectivity index (χ4v) is 7.01. The van der Waals surface area contributed by atoms with Gasteiger partial charge in [-0.05, 0) is 67.2 Å². The number of aliphatic hydroxyl groups excluding tert-OH is 2. The number of benzene rings is 2. The van der Waals surface area contributed by atoms with Gasteiger partial charge in [-0.2, -0.15) is 4.57 Å². The number of thiazole rings is 1. The van der Waals surface area contributed by atoms with Gasteiger partial charge in [-0.1, -0.05) is 59.5 Å². The number of para-hydroxylation sites is 2. The summed E-state index contributed by atoms with van der Waals surface area (Å²) < 4.78 is 3.45. The highest BCUT2D eigenvalue weighted by Gasteiger charge is 2.24. The Bertz CT molecular complexity index is 1350. The Hall–Kier alpha value is -2.64. The quantitative estimate of drug-likeness (QED) is 0.385. The van der Waals surface area contributed by atoms with Crippen LogP contribution in [0.2, 0.25) is 0 Å². The third-order valence-electron chi connectivity index (χ3n) is 6.63. The molecule has 0 radical (unpaired) electrons. The summed E-state index contributed by atoms with van der Waals surface area (Å²) in [5.41, 5.74) is 6.46. The van der Waals surface area contributed by atoms with Crippen molar-refractivity contribution in [3.05, 3.63) is 93.5 Å². The Kier molecular flexibility index (Phi) is 7.54. The zero-order valence-electron chi connectivity index (χ0n) is 20.0. The van der Waals surface area contributed by atoms with Crippen LogP contribution in [-0.4, -0.2) is 30.0 Å². The molecule has 2 N–H and O–H groups in total. The van der Waals surface area contributed by atoms with E-state index >= 15 is 0 Å². The number of rotatable bonds is 7. The Morgan fingerprint density at radius 2 is 1.80 bits per heavy atom. The van der Waals surface area contributed by atoms with E-state index in [-0.39, 0.29) is 13.2 Å². The molecule has 0 unspecified atom stereocenters. The molecule has 180 valence electrons. The first-order valence-electron chi connectivity index (χ1n) is 12.2. The summed E-state index contributed by atoms with van der Waals surface area (Å²) in [6, 6.07) is 16.8. The first kappa shape index (κ1) is 24.1. The molecule has 0 bridgehead atoms. The van der Waals surface area contributed by atoms with Crippen molar-refractivity contribution in [2.24, 2.45) is 0 Å². The van der Waals surface area contributed by atoms with Gasteiger partial charge in [-0.15, -0.1) is 0 Å². The van der Waals surface area contributed by atoms with Gasteiger partial charge in [-0.25, -0.2) is 0 Å². The van der Waals surface area contributed by atoms with E-state index in [0.717, 1.165) is 19.3 Å². The average molecular weight is 504 g/mol. The summed E-state index contributed by atoms with van der Waals surface area (Å²) in [7, 11) is 0. The van der Waals surface area contributed by atoms with Crippen molar-refractivity contribution >= 4 is 45.1 Å². The SMILES string of the molecule is CC1=C(/C=C/c2sc3ccccc3[n+]2CCO)CCC/C1=C\C=C1/Sc2ccccc2N1CCO. The molecule has 2 heterocycles. The normalized spacial score (nSPS) is 18.5. The number of aliphatic hydroxyl groups is 2. The third-order valence-corrected chi connectivity index (χ3v) is 8.89. The molecule has 0 atom stereocenters. The summed E-state index contributed by atoms with van der Waals surface area (Å²) in [4.78, 5) is 3.45. The maximum absolute atomic E-state index is 9.59. The van der Waals surface area contributed by atoms with Crippen molar-refractivity contribution in [1.82, 2.24) is 0 Å². The van der Waals surface area contributed by atoms with E-state index in [1.54, 1.807) is 23.1 Å². The molecule has 0 amide bonds. The molecular weight excluding hydrogens is 472 g/mol. The van der Waals surface area contributed by atoms with Crippen molar-refractivity contribution in [3.63, 3.8) is 0 Å². The van der Waals surface area contributed by atoms with Gasteiger partial charge < -0.3 is 15.1 Å².